The Morgan fingerprint density at radius 3 is 1.49 bits per heavy atom. The van der Waals surface area contributed by atoms with E-state index in [1.165, 1.54) is 0 Å². The Morgan fingerprint density at radius 2 is 1.05 bits per heavy atom. The van der Waals surface area contributed by atoms with Crippen LogP contribution in [-0.4, -0.2) is 17.5 Å². The summed E-state index contributed by atoms with van der Waals surface area (Å²) in [6, 6.07) is 9.73. The third-order valence-corrected chi connectivity index (χ3v) is 6.97. The summed E-state index contributed by atoms with van der Waals surface area (Å²) < 4.78 is 166. The van der Waals surface area contributed by atoms with Gasteiger partial charge in [0, 0.05) is 6.54 Å². The van der Waals surface area contributed by atoms with Crippen molar-refractivity contribution < 1.29 is 57.4 Å². The molecule has 0 amide bonds. The first-order chi connectivity index (χ1) is 19.8. The molecule has 0 N–H and O–H groups in total. The molecule has 0 aromatic heterocycles. The number of rotatable bonds is 6. The first kappa shape index (κ1) is 32.6. The maximum atomic E-state index is 13.4. The number of likely N-dealkylation sites (tertiary alicyclic amines) is 1. The van der Waals surface area contributed by atoms with E-state index >= 15 is 0 Å². The number of ether oxygens (including phenoxy) is 1. The standard InChI is InChI=1S/C29H23F12NO/c30-26(31,32)20-9-17(10-21(13-20)27(33,34)35)15-42-8-4-7-24(25(42)19-5-2-1-3-6-19)43-16-18-11-22(28(36,37)38)14-23(12-18)29(39,40)41/h1-3,5-6,9-14,24-25H,4,7-8,15-16H2. The summed E-state index contributed by atoms with van der Waals surface area (Å²) in [4.78, 5) is 1.59. The zero-order valence-corrected chi connectivity index (χ0v) is 21.9. The molecule has 0 saturated carbocycles. The lowest BCUT2D eigenvalue weighted by Crippen LogP contribution is -2.42. The zero-order valence-electron chi connectivity index (χ0n) is 21.9. The van der Waals surface area contributed by atoms with Crippen LogP contribution in [0.3, 0.4) is 0 Å². The van der Waals surface area contributed by atoms with Crippen LogP contribution in [0.15, 0.2) is 66.7 Å². The first-order valence-electron chi connectivity index (χ1n) is 12.8. The van der Waals surface area contributed by atoms with Gasteiger partial charge in [-0.15, -0.1) is 0 Å². The Hall–Kier alpha value is -3.26. The Balaban J connectivity index is 1.67. The molecule has 1 heterocycles. The van der Waals surface area contributed by atoms with Gasteiger partial charge in [0.1, 0.15) is 0 Å². The Bertz CT molecular complexity index is 1330. The molecule has 2 atom stereocenters. The van der Waals surface area contributed by atoms with Gasteiger partial charge in [0.2, 0.25) is 0 Å². The molecule has 0 spiro atoms. The summed E-state index contributed by atoms with van der Waals surface area (Å²) >= 11 is 0. The Kier molecular flexibility index (Phi) is 9.13. The number of piperidine rings is 1. The van der Waals surface area contributed by atoms with Gasteiger partial charge in [-0.1, -0.05) is 30.3 Å². The molecule has 1 saturated heterocycles. The second-order valence-electron chi connectivity index (χ2n) is 10.1. The molecule has 1 fully saturated rings. The molecule has 1 aliphatic rings. The highest BCUT2D eigenvalue weighted by Crippen LogP contribution is 2.40. The minimum absolute atomic E-state index is 0.0110. The average Bonchev–Trinajstić information content (AvgIpc) is 2.90. The van der Waals surface area contributed by atoms with Crippen molar-refractivity contribution in [2.45, 2.75) is 62.8 Å². The summed E-state index contributed by atoms with van der Waals surface area (Å²) in [6.07, 6.45) is -20.5. The van der Waals surface area contributed by atoms with Crippen LogP contribution in [0.2, 0.25) is 0 Å². The molecule has 234 valence electrons. The number of hydrogen-bond acceptors (Lipinski definition) is 2. The molecular formula is C29H23F12NO. The fourth-order valence-corrected chi connectivity index (χ4v) is 5.11. The van der Waals surface area contributed by atoms with Gasteiger partial charge < -0.3 is 4.74 Å². The molecule has 0 radical (unpaired) electrons. The van der Waals surface area contributed by atoms with E-state index in [0.717, 1.165) is 0 Å². The number of hydrogen-bond donors (Lipinski definition) is 0. The lowest BCUT2D eigenvalue weighted by atomic mass is 9.91. The third kappa shape index (κ3) is 8.22. The maximum absolute atomic E-state index is 13.4. The molecule has 2 unspecified atom stereocenters. The van der Waals surface area contributed by atoms with Gasteiger partial charge in [0.05, 0.1) is 41.0 Å². The van der Waals surface area contributed by atoms with Crippen LogP contribution in [0, 0.1) is 0 Å². The van der Waals surface area contributed by atoms with E-state index in [-0.39, 0.29) is 37.2 Å². The Morgan fingerprint density at radius 1 is 0.605 bits per heavy atom. The lowest BCUT2D eigenvalue weighted by molar-refractivity contribution is -0.145. The van der Waals surface area contributed by atoms with Crippen LogP contribution in [0.25, 0.3) is 0 Å². The van der Waals surface area contributed by atoms with Gasteiger partial charge in [-0.05, 0) is 72.5 Å². The fraction of sp³-hybridized carbons (Fsp3) is 0.379. The second kappa shape index (κ2) is 12.0. The SMILES string of the molecule is FC(F)(F)c1cc(COC2CCCN(Cc3cc(C(F)(F)F)cc(C(F)(F)F)c3)C2c2ccccc2)cc(C(F)(F)F)c1. The molecule has 4 rings (SSSR count). The predicted octanol–water partition coefficient (Wildman–Crippen LogP) is 9.68. The van der Waals surface area contributed by atoms with E-state index in [1.54, 1.807) is 35.2 Å². The van der Waals surface area contributed by atoms with E-state index in [4.69, 9.17) is 4.74 Å². The number of halogens is 12. The van der Waals surface area contributed by atoms with E-state index in [1.807, 2.05) is 0 Å². The van der Waals surface area contributed by atoms with E-state index in [2.05, 4.69) is 0 Å². The molecule has 14 heteroatoms. The van der Waals surface area contributed by atoms with Crippen LogP contribution in [-0.2, 0) is 42.6 Å². The third-order valence-electron chi connectivity index (χ3n) is 6.97. The number of alkyl halides is 12. The van der Waals surface area contributed by atoms with Crippen LogP contribution >= 0.6 is 0 Å². The van der Waals surface area contributed by atoms with Gasteiger partial charge in [0.25, 0.3) is 0 Å². The summed E-state index contributed by atoms with van der Waals surface area (Å²) in [5.74, 6) is 0. The molecule has 0 bridgehead atoms. The van der Waals surface area contributed by atoms with Crippen molar-refractivity contribution in [1.29, 1.82) is 0 Å². The topological polar surface area (TPSA) is 12.5 Å². The van der Waals surface area contributed by atoms with E-state index in [0.29, 0.717) is 36.2 Å². The van der Waals surface area contributed by atoms with Gasteiger partial charge in [0.15, 0.2) is 0 Å². The molecule has 2 nitrogen and oxygen atoms in total. The van der Waals surface area contributed by atoms with Crippen molar-refractivity contribution >= 4 is 0 Å². The number of nitrogens with zero attached hydrogens (tertiary/aromatic N) is 1. The second-order valence-corrected chi connectivity index (χ2v) is 10.1. The summed E-state index contributed by atoms with van der Waals surface area (Å²) in [5, 5.41) is 0. The quantitative estimate of drug-likeness (QED) is 0.252. The van der Waals surface area contributed by atoms with Crippen LogP contribution in [0.4, 0.5) is 52.7 Å². The van der Waals surface area contributed by atoms with E-state index in [9.17, 15) is 52.7 Å². The normalized spacial score (nSPS) is 19.1. The zero-order chi connectivity index (χ0) is 31.8. The van der Waals surface area contributed by atoms with E-state index < -0.39 is 71.3 Å². The molecule has 3 aromatic carbocycles. The minimum atomic E-state index is -5.07. The summed E-state index contributed by atoms with van der Waals surface area (Å²) in [7, 11) is 0. The van der Waals surface area contributed by atoms with Crippen molar-refractivity contribution in [3.63, 3.8) is 0 Å². The molecule has 43 heavy (non-hydrogen) atoms. The van der Waals surface area contributed by atoms with Crippen molar-refractivity contribution in [3.8, 4) is 0 Å². The highest BCUT2D eigenvalue weighted by molar-refractivity contribution is 5.35. The van der Waals surface area contributed by atoms with Crippen LogP contribution in [0.5, 0.6) is 0 Å². The largest absolute Gasteiger partial charge is 0.416 e. The van der Waals surface area contributed by atoms with Gasteiger partial charge in [-0.3, -0.25) is 4.90 Å². The molecular weight excluding hydrogens is 606 g/mol. The van der Waals surface area contributed by atoms with Gasteiger partial charge in [-0.25, -0.2) is 0 Å². The predicted molar refractivity (Wildman–Crippen MR) is 130 cm³/mol. The first-order valence-corrected chi connectivity index (χ1v) is 12.8. The maximum Gasteiger partial charge on any atom is 0.416 e. The fourth-order valence-electron chi connectivity index (χ4n) is 5.11. The monoisotopic (exact) mass is 629 g/mol. The van der Waals surface area contributed by atoms with Crippen LogP contribution < -0.4 is 0 Å². The molecule has 3 aromatic rings. The highest BCUT2D eigenvalue weighted by atomic mass is 19.4. The van der Waals surface area contributed by atoms with Gasteiger partial charge >= 0.3 is 24.7 Å². The molecule has 0 aliphatic carbocycles. The van der Waals surface area contributed by atoms with Crippen LogP contribution in [0.1, 0.15) is 57.8 Å². The van der Waals surface area contributed by atoms with Gasteiger partial charge in [-0.2, -0.15) is 52.7 Å². The lowest BCUT2D eigenvalue weighted by Gasteiger charge is -2.41. The van der Waals surface area contributed by atoms with Crippen molar-refractivity contribution in [2.24, 2.45) is 0 Å². The van der Waals surface area contributed by atoms with Crippen molar-refractivity contribution in [3.05, 3.63) is 106 Å². The highest BCUT2D eigenvalue weighted by Gasteiger charge is 2.40. The van der Waals surface area contributed by atoms with Crippen molar-refractivity contribution in [1.82, 2.24) is 4.90 Å². The average molecular weight is 629 g/mol. The summed E-state index contributed by atoms with van der Waals surface area (Å²) in [5.41, 5.74) is -6.14. The minimum Gasteiger partial charge on any atom is -0.372 e. The van der Waals surface area contributed by atoms with Crippen molar-refractivity contribution in [2.75, 3.05) is 6.54 Å². The number of benzene rings is 3. The molecule has 1 aliphatic heterocycles. The Labute approximate surface area is 237 Å². The smallest absolute Gasteiger partial charge is 0.372 e. The summed E-state index contributed by atoms with van der Waals surface area (Å²) in [6.45, 7) is -0.802.